The summed E-state index contributed by atoms with van der Waals surface area (Å²) >= 11 is 0. The summed E-state index contributed by atoms with van der Waals surface area (Å²) in [7, 11) is 1.57. The third-order valence-electron chi connectivity index (χ3n) is 0.894. The van der Waals surface area contributed by atoms with Crippen LogP contribution in [0.1, 0.15) is 13.8 Å². The van der Waals surface area contributed by atoms with Crippen molar-refractivity contribution >= 4 is 11.9 Å². The standard InChI is InChI=1S/C6H15N5/c1-4(2)10-6(8)11-5(7)9-3/h4H,1-3H3,(H5,7,8,9,10,11). The number of hydrogen-bond acceptors (Lipinski definition) is 2. The lowest BCUT2D eigenvalue weighted by Crippen LogP contribution is -2.41. The fraction of sp³-hybridized carbons (Fsp3) is 0.667. The van der Waals surface area contributed by atoms with Crippen molar-refractivity contribution in [2.75, 3.05) is 7.05 Å². The van der Waals surface area contributed by atoms with Crippen LogP contribution < -0.4 is 16.8 Å². The Morgan fingerprint density at radius 1 is 1.27 bits per heavy atom. The van der Waals surface area contributed by atoms with Crippen LogP contribution in [0.25, 0.3) is 0 Å². The molecule has 0 atom stereocenters. The lowest BCUT2D eigenvalue weighted by Gasteiger charge is -2.04. The smallest absolute Gasteiger partial charge is 0.195 e. The van der Waals surface area contributed by atoms with Crippen molar-refractivity contribution in [2.24, 2.45) is 21.5 Å². The molecule has 0 spiro atoms. The van der Waals surface area contributed by atoms with Crippen LogP contribution in [0.5, 0.6) is 0 Å². The highest BCUT2D eigenvalue weighted by Gasteiger charge is 1.94. The largest absolute Gasteiger partial charge is 0.370 e. The van der Waals surface area contributed by atoms with E-state index in [1.54, 1.807) is 7.05 Å². The zero-order valence-corrected chi connectivity index (χ0v) is 7.13. The van der Waals surface area contributed by atoms with Gasteiger partial charge in [-0.2, -0.15) is 0 Å². The molecule has 0 radical (unpaired) electrons. The summed E-state index contributed by atoms with van der Waals surface area (Å²) in [6.07, 6.45) is 0. The molecule has 11 heavy (non-hydrogen) atoms. The molecule has 0 amide bonds. The Morgan fingerprint density at radius 2 is 1.82 bits per heavy atom. The molecule has 0 saturated heterocycles. The van der Waals surface area contributed by atoms with Gasteiger partial charge in [0.05, 0.1) is 0 Å². The first-order chi connectivity index (χ1) is 5.06. The van der Waals surface area contributed by atoms with Crippen molar-refractivity contribution < 1.29 is 0 Å². The predicted molar refractivity (Wildman–Crippen MR) is 47.4 cm³/mol. The van der Waals surface area contributed by atoms with Crippen molar-refractivity contribution in [3.05, 3.63) is 0 Å². The number of nitrogens with two attached hydrogens (primary N) is 2. The molecular formula is C6H15N5. The first-order valence-electron chi connectivity index (χ1n) is 3.38. The summed E-state index contributed by atoms with van der Waals surface area (Å²) in [5.41, 5.74) is 10.8. The number of rotatable bonds is 1. The number of aliphatic imine (C=N–C) groups is 2. The summed E-state index contributed by atoms with van der Waals surface area (Å²) in [5, 5.41) is 2.62. The number of hydrogen-bond donors (Lipinski definition) is 3. The second-order valence-electron chi connectivity index (χ2n) is 2.34. The third-order valence-corrected chi connectivity index (χ3v) is 0.894. The van der Waals surface area contributed by atoms with Gasteiger partial charge in [-0.25, -0.2) is 0 Å². The highest BCUT2D eigenvalue weighted by molar-refractivity contribution is 5.96. The van der Waals surface area contributed by atoms with E-state index in [-0.39, 0.29) is 12.0 Å². The summed E-state index contributed by atoms with van der Waals surface area (Å²) < 4.78 is 0. The Bertz CT molecular complexity index is 170. The SMILES string of the molecule is CN=C(N)NC(N)=NC(C)C. The molecule has 64 valence electrons. The van der Waals surface area contributed by atoms with Gasteiger partial charge in [0.1, 0.15) is 0 Å². The highest BCUT2D eigenvalue weighted by Crippen LogP contribution is 1.82. The van der Waals surface area contributed by atoms with Crippen molar-refractivity contribution in [3.63, 3.8) is 0 Å². The molecular weight excluding hydrogens is 142 g/mol. The van der Waals surface area contributed by atoms with E-state index in [0.717, 1.165) is 0 Å². The first-order valence-corrected chi connectivity index (χ1v) is 3.38. The monoisotopic (exact) mass is 157 g/mol. The Hall–Kier alpha value is -1.26. The quantitative estimate of drug-likeness (QED) is 0.345. The second-order valence-corrected chi connectivity index (χ2v) is 2.34. The van der Waals surface area contributed by atoms with E-state index in [2.05, 4.69) is 15.3 Å². The molecule has 0 aromatic heterocycles. The lowest BCUT2D eigenvalue weighted by molar-refractivity contribution is 0.827. The van der Waals surface area contributed by atoms with E-state index in [9.17, 15) is 0 Å². The fourth-order valence-electron chi connectivity index (χ4n) is 0.498. The average molecular weight is 157 g/mol. The fourth-order valence-corrected chi connectivity index (χ4v) is 0.498. The van der Waals surface area contributed by atoms with Gasteiger partial charge >= 0.3 is 0 Å². The topological polar surface area (TPSA) is 88.8 Å². The highest BCUT2D eigenvalue weighted by atomic mass is 15.2. The van der Waals surface area contributed by atoms with Crippen LogP contribution >= 0.6 is 0 Å². The lowest BCUT2D eigenvalue weighted by atomic mass is 10.4. The number of guanidine groups is 2. The molecule has 0 aliphatic heterocycles. The van der Waals surface area contributed by atoms with Gasteiger partial charge in [-0.1, -0.05) is 0 Å². The van der Waals surface area contributed by atoms with Crippen molar-refractivity contribution in [3.8, 4) is 0 Å². The minimum Gasteiger partial charge on any atom is -0.370 e. The van der Waals surface area contributed by atoms with Gasteiger partial charge < -0.3 is 11.5 Å². The van der Waals surface area contributed by atoms with Crippen LogP contribution in [0.4, 0.5) is 0 Å². The zero-order valence-electron chi connectivity index (χ0n) is 7.13. The molecule has 0 aromatic rings. The van der Waals surface area contributed by atoms with Crippen molar-refractivity contribution in [1.82, 2.24) is 5.32 Å². The minimum absolute atomic E-state index is 0.159. The molecule has 0 fully saturated rings. The Balaban J connectivity index is 3.96. The van der Waals surface area contributed by atoms with E-state index >= 15 is 0 Å². The van der Waals surface area contributed by atoms with Crippen LogP contribution in [-0.4, -0.2) is 25.0 Å². The Morgan fingerprint density at radius 3 is 2.18 bits per heavy atom. The summed E-state index contributed by atoms with van der Waals surface area (Å²) in [6, 6.07) is 0.159. The molecule has 0 heterocycles. The van der Waals surface area contributed by atoms with Gasteiger partial charge in [-0.05, 0) is 13.8 Å². The Labute approximate surface area is 66.6 Å². The number of nitrogens with zero attached hydrogens (tertiary/aromatic N) is 2. The van der Waals surface area contributed by atoms with E-state index < -0.39 is 0 Å². The molecule has 5 nitrogen and oxygen atoms in total. The van der Waals surface area contributed by atoms with Crippen LogP contribution in [0.15, 0.2) is 9.98 Å². The molecule has 0 saturated carbocycles. The maximum Gasteiger partial charge on any atom is 0.195 e. The summed E-state index contributed by atoms with van der Waals surface area (Å²) in [4.78, 5) is 7.65. The normalized spacial score (nSPS) is 13.8. The van der Waals surface area contributed by atoms with Crippen molar-refractivity contribution in [1.29, 1.82) is 0 Å². The Kier molecular flexibility index (Phi) is 4.02. The molecule has 0 unspecified atom stereocenters. The zero-order chi connectivity index (χ0) is 8.85. The van der Waals surface area contributed by atoms with Gasteiger partial charge in [-0.15, -0.1) is 0 Å². The minimum atomic E-state index is 0.159. The molecule has 5 heteroatoms. The van der Waals surface area contributed by atoms with Gasteiger partial charge in [-0.3, -0.25) is 15.3 Å². The first kappa shape index (κ1) is 9.74. The molecule has 5 N–H and O–H groups in total. The van der Waals surface area contributed by atoms with Crippen molar-refractivity contribution in [2.45, 2.75) is 19.9 Å². The van der Waals surface area contributed by atoms with Crippen LogP contribution in [0.3, 0.4) is 0 Å². The maximum atomic E-state index is 5.43. The van der Waals surface area contributed by atoms with E-state index in [4.69, 9.17) is 11.5 Å². The summed E-state index contributed by atoms with van der Waals surface area (Å²) in [6.45, 7) is 3.85. The molecule has 0 aliphatic carbocycles. The van der Waals surface area contributed by atoms with Crippen LogP contribution in [0.2, 0.25) is 0 Å². The van der Waals surface area contributed by atoms with Gasteiger partial charge in [0, 0.05) is 13.1 Å². The van der Waals surface area contributed by atoms with Crippen LogP contribution in [-0.2, 0) is 0 Å². The third kappa shape index (κ3) is 5.20. The maximum absolute atomic E-state index is 5.43. The van der Waals surface area contributed by atoms with E-state index in [0.29, 0.717) is 5.96 Å². The molecule has 0 bridgehead atoms. The molecule has 0 rings (SSSR count). The molecule has 0 aliphatic rings. The average Bonchev–Trinajstić information content (AvgIpc) is 1.85. The second kappa shape index (κ2) is 4.54. The predicted octanol–water partition coefficient (Wildman–Crippen LogP) is -0.756. The van der Waals surface area contributed by atoms with Gasteiger partial charge in [0.15, 0.2) is 11.9 Å². The van der Waals surface area contributed by atoms with E-state index in [1.807, 2.05) is 13.8 Å². The van der Waals surface area contributed by atoms with E-state index in [1.165, 1.54) is 0 Å². The van der Waals surface area contributed by atoms with Crippen LogP contribution in [0, 0.1) is 0 Å². The van der Waals surface area contributed by atoms with Gasteiger partial charge in [0.2, 0.25) is 0 Å². The number of nitrogens with one attached hydrogen (secondary N) is 1. The van der Waals surface area contributed by atoms with Gasteiger partial charge in [0.25, 0.3) is 0 Å². The summed E-state index contributed by atoms with van der Waals surface area (Å²) in [5.74, 6) is 0.565. The molecule has 0 aromatic carbocycles.